The number of unbranched alkanes of at least 4 members (excludes halogenated alkanes) is 1. The van der Waals surface area contributed by atoms with E-state index in [2.05, 4.69) is 15.3 Å². The first-order valence-corrected chi connectivity index (χ1v) is 8.19. The van der Waals surface area contributed by atoms with Crippen molar-refractivity contribution in [2.75, 3.05) is 11.9 Å². The second-order valence-electron chi connectivity index (χ2n) is 5.80. The fraction of sp³-hybridized carbons (Fsp3) is 0.235. The molecule has 0 atom stereocenters. The number of nitro benzene ring substituents is 1. The Bertz CT molecular complexity index is 915. The molecule has 0 saturated carbocycles. The second kappa shape index (κ2) is 7.68. The third kappa shape index (κ3) is 3.78. The Morgan fingerprint density at radius 1 is 1.11 bits per heavy atom. The summed E-state index contributed by atoms with van der Waals surface area (Å²) in [7, 11) is 0. The van der Waals surface area contributed by atoms with E-state index in [1.54, 1.807) is 6.07 Å². The Hall–Kier alpha value is -3.69. The van der Waals surface area contributed by atoms with Crippen LogP contribution in [0.25, 0.3) is 0 Å². The number of anilines is 1. The van der Waals surface area contributed by atoms with Gasteiger partial charge in [-0.3, -0.25) is 34.7 Å². The number of nitrogens with one attached hydrogen (secondary N) is 1. The van der Waals surface area contributed by atoms with E-state index >= 15 is 0 Å². The lowest BCUT2D eigenvalue weighted by molar-refractivity contribution is -0.385. The lowest BCUT2D eigenvalue weighted by Gasteiger charge is -2.13. The van der Waals surface area contributed by atoms with Crippen molar-refractivity contribution in [3.8, 4) is 0 Å². The van der Waals surface area contributed by atoms with Crippen LogP contribution in [0.1, 0.15) is 40.0 Å². The Balaban J connectivity index is 1.54. The van der Waals surface area contributed by atoms with Crippen molar-refractivity contribution in [1.82, 2.24) is 14.9 Å². The lowest BCUT2D eigenvalue weighted by Crippen LogP contribution is -2.31. The molecule has 0 fully saturated rings. The molecular weight excluding hydrogens is 354 g/mol. The van der Waals surface area contributed by atoms with Gasteiger partial charge >= 0.3 is 0 Å². The van der Waals surface area contributed by atoms with Crippen molar-refractivity contribution in [3.63, 3.8) is 0 Å². The lowest BCUT2D eigenvalue weighted by atomic mass is 10.1. The van der Waals surface area contributed by atoms with Gasteiger partial charge in [0.1, 0.15) is 5.56 Å². The molecule has 0 bridgehead atoms. The predicted octanol–water partition coefficient (Wildman–Crippen LogP) is 1.79. The van der Waals surface area contributed by atoms with Crippen LogP contribution in [0.2, 0.25) is 0 Å². The smallest absolute Gasteiger partial charge is 0.282 e. The highest BCUT2D eigenvalue weighted by Gasteiger charge is 2.40. The van der Waals surface area contributed by atoms with Crippen LogP contribution < -0.4 is 5.32 Å². The number of amides is 3. The fourth-order valence-electron chi connectivity index (χ4n) is 2.78. The maximum atomic E-state index is 12.4. The highest BCUT2D eigenvalue weighted by Crippen LogP contribution is 2.30. The zero-order valence-electron chi connectivity index (χ0n) is 14.1. The molecule has 0 aliphatic carbocycles. The van der Waals surface area contributed by atoms with Gasteiger partial charge in [-0.25, -0.2) is 9.97 Å². The van der Waals surface area contributed by atoms with Crippen LogP contribution in [0.15, 0.2) is 36.7 Å². The molecule has 10 heteroatoms. The number of nitrogens with zero attached hydrogens (tertiary/aromatic N) is 4. The molecule has 10 nitrogen and oxygen atoms in total. The Labute approximate surface area is 153 Å². The van der Waals surface area contributed by atoms with E-state index in [-0.39, 0.29) is 41.6 Å². The Kier molecular flexibility index (Phi) is 5.15. The number of carbonyl (C=O) groups excluding carboxylic acids is 3. The van der Waals surface area contributed by atoms with Gasteiger partial charge in [0.25, 0.3) is 17.5 Å². The number of carbonyl (C=O) groups is 3. The molecule has 27 heavy (non-hydrogen) atoms. The van der Waals surface area contributed by atoms with E-state index in [9.17, 15) is 24.5 Å². The molecular formula is C17H15N5O5. The summed E-state index contributed by atoms with van der Waals surface area (Å²) >= 11 is 0. The second-order valence-corrected chi connectivity index (χ2v) is 5.80. The summed E-state index contributed by atoms with van der Waals surface area (Å²) in [6, 6.07) is 5.60. The number of imide groups is 1. The number of aromatic nitrogens is 2. The van der Waals surface area contributed by atoms with Crippen LogP contribution in [0.4, 0.5) is 11.6 Å². The number of benzene rings is 1. The summed E-state index contributed by atoms with van der Waals surface area (Å²) in [4.78, 5) is 55.7. The molecule has 1 aromatic carbocycles. The highest BCUT2D eigenvalue weighted by atomic mass is 16.6. The van der Waals surface area contributed by atoms with Gasteiger partial charge in [-0.15, -0.1) is 0 Å². The van der Waals surface area contributed by atoms with Crippen LogP contribution in [0, 0.1) is 10.1 Å². The highest BCUT2D eigenvalue weighted by molar-refractivity contribution is 6.23. The number of fused-ring (bicyclic) bond motifs is 1. The van der Waals surface area contributed by atoms with Gasteiger partial charge in [0.2, 0.25) is 11.9 Å². The minimum absolute atomic E-state index is 0.0353. The summed E-state index contributed by atoms with van der Waals surface area (Å²) in [5.41, 5.74) is -0.518. The van der Waals surface area contributed by atoms with Crippen molar-refractivity contribution in [2.45, 2.75) is 19.3 Å². The minimum atomic E-state index is -0.677. The molecule has 0 unspecified atom stereocenters. The van der Waals surface area contributed by atoms with Gasteiger partial charge in [-0.2, -0.15) is 0 Å². The monoisotopic (exact) mass is 369 g/mol. The maximum absolute atomic E-state index is 12.4. The Morgan fingerprint density at radius 2 is 1.85 bits per heavy atom. The number of nitro groups is 1. The van der Waals surface area contributed by atoms with Crippen molar-refractivity contribution in [3.05, 3.63) is 57.9 Å². The van der Waals surface area contributed by atoms with Crippen LogP contribution in [0.3, 0.4) is 0 Å². The first-order valence-electron chi connectivity index (χ1n) is 8.19. The largest absolute Gasteiger partial charge is 0.295 e. The van der Waals surface area contributed by atoms with Gasteiger partial charge in [-0.05, 0) is 25.0 Å². The normalized spacial score (nSPS) is 12.8. The fourth-order valence-corrected chi connectivity index (χ4v) is 2.78. The Morgan fingerprint density at radius 3 is 2.56 bits per heavy atom. The zero-order chi connectivity index (χ0) is 19.4. The molecule has 138 valence electrons. The maximum Gasteiger partial charge on any atom is 0.282 e. The van der Waals surface area contributed by atoms with E-state index in [4.69, 9.17) is 0 Å². The average Bonchev–Trinajstić information content (AvgIpc) is 2.90. The number of hydrogen-bond donors (Lipinski definition) is 1. The first-order chi connectivity index (χ1) is 13.0. The van der Waals surface area contributed by atoms with Gasteiger partial charge in [0, 0.05) is 31.4 Å². The number of hydrogen-bond acceptors (Lipinski definition) is 7. The standard InChI is InChI=1S/C17H15N5O5/c23-13(20-17-18-8-4-9-19-17)7-1-2-10-21-15(24)11-5-3-6-12(22(26)27)14(11)16(21)25/h3-6,8-9H,1-2,7,10H2,(H,18,19,20,23). The molecule has 1 aliphatic heterocycles. The van der Waals surface area contributed by atoms with E-state index in [1.807, 2.05) is 0 Å². The molecule has 0 radical (unpaired) electrons. The van der Waals surface area contributed by atoms with Crippen LogP contribution in [-0.2, 0) is 4.79 Å². The molecule has 0 spiro atoms. The third-order valence-corrected chi connectivity index (χ3v) is 4.03. The van der Waals surface area contributed by atoms with E-state index in [0.29, 0.717) is 12.8 Å². The first kappa shape index (κ1) is 18.1. The van der Waals surface area contributed by atoms with Crippen molar-refractivity contribution < 1.29 is 19.3 Å². The van der Waals surface area contributed by atoms with Gasteiger partial charge in [0.15, 0.2) is 0 Å². The van der Waals surface area contributed by atoms with E-state index in [0.717, 1.165) is 4.90 Å². The van der Waals surface area contributed by atoms with Gasteiger partial charge < -0.3 is 0 Å². The van der Waals surface area contributed by atoms with Gasteiger partial charge in [0.05, 0.1) is 10.5 Å². The molecule has 1 N–H and O–H groups in total. The summed E-state index contributed by atoms with van der Waals surface area (Å²) in [5.74, 6) is -1.31. The molecule has 0 saturated heterocycles. The zero-order valence-corrected chi connectivity index (χ0v) is 14.1. The SMILES string of the molecule is O=C(CCCCN1C(=O)c2cccc([N+](=O)[O-])c2C1=O)Nc1ncccn1. The molecule has 1 aromatic heterocycles. The molecule has 2 aromatic rings. The van der Waals surface area contributed by atoms with E-state index < -0.39 is 16.7 Å². The quantitative estimate of drug-likeness (QED) is 0.340. The van der Waals surface area contributed by atoms with Crippen molar-refractivity contribution >= 4 is 29.4 Å². The van der Waals surface area contributed by atoms with Crippen LogP contribution >= 0.6 is 0 Å². The van der Waals surface area contributed by atoms with E-state index in [1.165, 1.54) is 30.6 Å². The summed E-state index contributed by atoms with van der Waals surface area (Å²) in [6.45, 7) is 0.0820. The number of rotatable bonds is 7. The minimum Gasteiger partial charge on any atom is -0.295 e. The van der Waals surface area contributed by atoms with Crippen LogP contribution in [-0.4, -0.2) is 44.1 Å². The summed E-state index contributed by atoms with van der Waals surface area (Å²) in [6.07, 6.45) is 3.99. The predicted molar refractivity (Wildman–Crippen MR) is 93.0 cm³/mol. The molecule has 1 aliphatic rings. The summed E-state index contributed by atoms with van der Waals surface area (Å²) in [5, 5.41) is 13.6. The third-order valence-electron chi connectivity index (χ3n) is 4.03. The topological polar surface area (TPSA) is 135 Å². The van der Waals surface area contributed by atoms with Crippen molar-refractivity contribution in [1.29, 1.82) is 0 Å². The summed E-state index contributed by atoms with van der Waals surface area (Å²) < 4.78 is 0. The molecule has 3 amide bonds. The molecule has 2 heterocycles. The van der Waals surface area contributed by atoms with Gasteiger partial charge in [-0.1, -0.05) is 6.07 Å². The van der Waals surface area contributed by atoms with Crippen LogP contribution in [0.5, 0.6) is 0 Å². The average molecular weight is 369 g/mol. The molecule has 3 rings (SSSR count). The van der Waals surface area contributed by atoms with Crippen molar-refractivity contribution in [2.24, 2.45) is 0 Å².